The zero-order chi connectivity index (χ0) is 16.7. The van der Waals surface area contributed by atoms with Crippen LogP contribution in [-0.2, 0) is 4.79 Å². The quantitative estimate of drug-likeness (QED) is 0.464. The summed E-state index contributed by atoms with van der Waals surface area (Å²) in [4.78, 5) is 20.8. The second-order valence-corrected chi connectivity index (χ2v) is 6.61. The molecule has 0 aliphatic rings. The van der Waals surface area contributed by atoms with Gasteiger partial charge in [-0.2, -0.15) is 0 Å². The van der Waals surface area contributed by atoms with Crippen molar-refractivity contribution in [2.45, 2.75) is 31.7 Å². The van der Waals surface area contributed by atoms with Crippen molar-refractivity contribution in [2.75, 3.05) is 12.3 Å². The Balaban J connectivity index is 2.04. The van der Waals surface area contributed by atoms with Crippen molar-refractivity contribution in [1.29, 1.82) is 0 Å². The number of carbonyl (C=O) groups excluding carboxylic acids is 1. The number of amides is 1. The van der Waals surface area contributed by atoms with Crippen LogP contribution in [0.3, 0.4) is 0 Å². The van der Waals surface area contributed by atoms with Gasteiger partial charge in [0, 0.05) is 22.8 Å². The normalized spacial score (nSPS) is 10.6. The number of rotatable bonds is 7. The summed E-state index contributed by atoms with van der Waals surface area (Å²) in [6, 6.07) is 9.33. The highest BCUT2D eigenvalue weighted by molar-refractivity contribution is 7.99. The molecule has 2 aromatic rings. The van der Waals surface area contributed by atoms with E-state index in [1.807, 2.05) is 37.3 Å². The second kappa shape index (κ2) is 8.89. The third-order valence-electron chi connectivity index (χ3n) is 3.12. The minimum absolute atomic E-state index is 0.0315. The molecular weight excluding hydrogens is 330 g/mol. The Labute approximate surface area is 146 Å². The molecule has 0 atom stereocenters. The molecule has 0 aliphatic heterocycles. The molecule has 1 heterocycles. The summed E-state index contributed by atoms with van der Waals surface area (Å²) >= 11 is 7.44. The summed E-state index contributed by atoms with van der Waals surface area (Å²) in [7, 11) is 0. The number of hydrogen-bond acceptors (Lipinski definition) is 4. The summed E-state index contributed by atoms with van der Waals surface area (Å²) < 4.78 is 0. The summed E-state index contributed by atoms with van der Waals surface area (Å²) in [6.07, 6.45) is 2.07. The molecule has 2 rings (SSSR count). The van der Waals surface area contributed by atoms with Crippen LogP contribution in [0.5, 0.6) is 0 Å². The summed E-state index contributed by atoms with van der Waals surface area (Å²) in [5.74, 6) is 1.01. The van der Waals surface area contributed by atoms with Gasteiger partial charge in [0.15, 0.2) is 5.82 Å². The molecule has 1 amide bonds. The Morgan fingerprint density at radius 2 is 2.13 bits per heavy atom. The van der Waals surface area contributed by atoms with Crippen LogP contribution >= 0.6 is 23.4 Å². The first-order valence-electron chi connectivity index (χ1n) is 7.59. The van der Waals surface area contributed by atoms with E-state index >= 15 is 0 Å². The highest BCUT2D eigenvalue weighted by Crippen LogP contribution is 2.23. The number of unbranched alkanes of at least 4 members (excludes halogenated alkanes) is 1. The van der Waals surface area contributed by atoms with Crippen molar-refractivity contribution in [3.8, 4) is 11.4 Å². The van der Waals surface area contributed by atoms with Gasteiger partial charge in [0.2, 0.25) is 5.91 Å². The van der Waals surface area contributed by atoms with Gasteiger partial charge in [-0.1, -0.05) is 48.8 Å². The second-order valence-electron chi connectivity index (χ2n) is 5.17. The largest absolute Gasteiger partial charge is 0.355 e. The van der Waals surface area contributed by atoms with Crippen LogP contribution in [0.4, 0.5) is 0 Å². The van der Waals surface area contributed by atoms with E-state index in [9.17, 15) is 4.79 Å². The Morgan fingerprint density at radius 3 is 2.87 bits per heavy atom. The zero-order valence-electron chi connectivity index (χ0n) is 13.3. The van der Waals surface area contributed by atoms with Gasteiger partial charge in [0.25, 0.3) is 0 Å². The van der Waals surface area contributed by atoms with E-state index in [-0.39, 0.29) is 5.91 Å². The molecular formula is C17H20ClN3OS. The SMILES string of the molecule is CCCCNC(=O)CSc1cc(C)nc(-c2cccc(Cl)c2)n1. The predicted octanol–water partition coefficient (Wildman–Crippen LogP) is 4.11. The zero-order valence-corrected chi connectivity index (χ0v) is 14.9. The minimum Gasteiger partial charge on any atom is -0.355 e. The number of carbonyl (C=O) groups is 1. The highest BCUT2D eigenvalue weighted by Gasteiger charge is 2.08. The Kier molecular flexibility index (Phi) is 6.86. The first kappa shape index (κ1) is 17.8. The molecule has 1 aromatic carbocycles. The van der Waals surface area contributed by atoms with Gasteiger partial charge >= 0.3 is 0 Å². The molecule has 0 radical (unpaired) electrons. The first-order valence-corrected chi connectivity index (χ1v) is 8.96. The van der Waals surface area contributed by atoms with Gasteiger partial charge in [-0.25, -0.2) is 9.97 Å². The van der Waals surface area contributed by atoms with Gasteiger partial charge in [-0.05, 0) is 31.5 Å². The maximum Gasteiger partial charge on any atom is 0.230 e. The molecule has 122 valence electrons. The third kappa shape index (κ3) is 5.84. The van der Waals surface area contributed by atoms with E-state index < -0.39 is 0 Å². The van der Waals surface area contributed by atoms with E-state index in [4.69, 9.17) is 11.6 Å². The van der Waals surface area contributed by atoms with Gasteiger partial charge in [0.1, 0.15) is 5.03 Å². The lowest BCUT2D eigenvalue weighted by Crippen LogP contribution is -2.26. The fourth-order valence-corrected chi connectivity index (χ4v) is 2.94. The molecule has 1 aromatic heterocycles. The molecule has 4 nitrogen and oxygen atoms in total. The van der Waals surface area contributed by atoms with Crippen molar-refractivity contribution < 1.29 is 4.79 Å². The monoisotopic (exact) mass is 349 g/mol. The number of aryl methyl sites for hydroxylation is 1. The van der Waals surface area contributed by atoms with E-state index in [1.54, 1.807) is 0 Å². The van der Waals surface area contributed by atoms with Crippen molar-refractivity contribution in [3.63, 3.8) is 0 Å². The lowest BCUT2D eigenvalue weighted by atomic mass is 10.2. The number of benzene rings is 1. The lowest BCUT2D eigenvalue weighted by molar-refractivity contribution is -0.118. The van der Waals surface area contributed by atoms with Gasteiger partial charge in [0.05, 0.1) is 5.75 Å². The lowest BCUT2D eigenvalue weighted by Gasteiger charge is -2.07. The first-order chi connectivity index (χ1) is 11.1. The minimum atomic E-state index is 0.0315. The topological polar surface area (TPSA) is 54.9 Å². The van der Waals surface area contributed by atoms with Crippen LogP contribution in [0, 0.1) is 6.92 Å². The van der Waals surface area contributed by atoms with E-state index in [0.29, 0.717) is 16.6 Å². The Hall–Kier alpha value is -1.59. The van der Waals surface area contributed by atoms with Crippen LogP contribution in [0.15, 0.2) is 35.4 Å². The molecule has 0 unspecified atom stereocenters. The van der Waals surface area contributed by atoms with Crippen LogP contribution in [0.2, 0.25) is 5.02 Å². The molecule has 23 heavy (non-hydrogen) atoms. The predicted molar refractivity (Wildman–Crippen MR) is 95.9 cm³/mol. The fraction of sp³-hybridized carbons (Fsp3) is 0.353. The van der Waals surface area contributed by atoms with E-state index in [2.05, 4.69) is 22.2 Å². The molecule has 0 bridgehead atoms. The van der Waals surface area contributed by atoms with Gasteiger partial charge < -0.3 is 5.32 Å². The molecule has 0 saturated carbocycles. The summed E-state index contributed by atoms with van der Waals surface area (Å²) in [6.45, 7) is 4.75. The molecule has 0 fully saturated rings. The van der Waals surface area contributed by atoms with Crippen molar-refractivity contribution in [3.05, 3.63) is 41.0 Å². The summed E-state index contributed by atoms with van der Waals surface area (Å²) in [5.41, 5.74) is 1.74. The van der Waals surface area contributed by atoms with Crippen LogP contribution in [0.25, 0.3) is 11.4 Å². The van der Waals surface area contributed by atoms with Crippen molar-refractivity contribution in [1.82, 2.24) is 15.3 Å². The third-order valence-corrected chi connectivity index (χ3v) is 4.26. The molecule has 0 aliphatic carbocycles. The van der Waals surface area contributed by atoms with Crippen LogP contribution in [-0.4, -0.2) is 28.2 Å². The number of thioether (sulfide) groups is 1. The number of nitrogens with one attached hydrogen (secondary N) is 1. The van der Waals surface area contributed by atoms with Crippen LogP contribution in [0.1, 0.15) is 25.5 Å². The van der Waals surface area contributed by atoms with Crippen molar-refractivity contribution in [2.24, 2.45) is 0 Å². The maximum atomic E-state index is 11.8. The average Bonchev–Trinajstić information content (AvgIpc) is 2.53. The van der Waals surface area contributed by atoms with Crippen LogP contribution < -0.4 is 5.32 Å². The molecule has 6 heteroatoms. The van der Waals surface area contributed by atoms with Gasteiger partial charge in [-0.15, -0.1) is 0 Å². The molecule has 1 N–H and O–H groups in total. The number of aromatic nitrogens is 2. The average molecular weight is 350 g/mol. The van der Waals surface area contributed by atoms with E-state index in [1.165, 1.54) is 11.8 Å². The van der Waals surface area contributed by atoms with Crippen molar-refractivity contribution >= 4 is 29.3 Å². The Bertz CT molecular complexity index is 679. The fourth-order valence-electron chi connectivity index (χ4n) is 1.97. The molecule has 0 saturated heterocycles. The maximum absolute atomic E-state index is 11.8. The van der Waals surface area contributed by atoms with Gasteiger partial charge in [-0.3, -0.25) is 4.79 Å². The smallest absolute Gasteiger partial charge is 0.230 e. The Morgan fingerprint density at radius 1 is 1.30 bits per heavy atom. The number of nitrogens with zero attached hydrogens (tertiary/aromatic N) is 2. The number of hydrogen-bond donors (Lipinski definition) is 1. The molecule has 0 spiro atoms. The number of halogens is 1. The summed E-state index contributed by atoms with van der Waals surface area (Å²) in [5, 5.41) is 4.34. The van der Waals surface area contributed by atoms with E-state index in [0.717, 1.165) is 35.7 Å². The highest BCUT2D eigenvalue weighted by atomic mass is 35.5. The standard InChI is InChI=1S/C17H20ClN3OS/c1-3-4-8-19-15(22)11-23-16-9-12(2)20-17(21-16)13-6-5-7-14(18)10-13/h5-7,9-10H,3-4,8,11H2,1-2H3,(H,19,22).